The maximum Gasteiger partial charge on any atom is 0.0294 e. The van der Waals surface area contributed by atoms with Crippen molar-refractivity contribution in [2.24, 2.45) is 0 Å². The van der Waals surface area contributed by atoms with Crippen molar-refractivity contribution in [3.63, 3.8) is 0 Å². The average Bonchev–Trinajstić information content (AvgIpc) is 2.49. The first-order valence-corrected chi connectivity index (χ1v) is 6.80. The van der Waals surface area contributed by atoms with Crippen molar-refractivity contribution in [3.8, 4) is 0 Å². The summed E-state index contributed by atoms with van der Waals surface area (Å²) in [4.78, 5) is 0. The molecule has 0 spiro atoms. The molecule has 19 heavy (non-hydrogen) atoms. The van der Waals surface area contributed by atoms with Crippen molar-refractivity contribution in [1.29, 1.82) is 0 Å². The Bertz CT molecular complexity index is 514. The zero-order valence-electron chi connectivity index (χ0n) is 11.6. The lowest BCUT2D eigenvalue weighted by Gasteiger charge is -2.16. The van der Waals surface area contributed by atoms with E-state index in [-0.39, 0.29) is 0 Å². The molecule has 1 heteroatoms. The largest absolute Gasteiger partial charge is 0.306 e. The Morgan fingerprint density at radius 2 is 1.58 bits per heavy atom. The van der Waals surface area contributed by atoms with Crippen LogP contribution in [0.2, 0.25) is 0 Å². The summed E-state index contributed by atoms with van der Waals surface area (Å²) < 4.78 is 0. The molecule has 0 aromatic heterocycles. The van der Waals surface area contributed by atoms with Gasteiger partial charge in [0, 0.05) is 12.6 Å². The number of allylic oxidation sites excluding steroid dienone is 1. The smallest absolute Gasteiger partial charge is 0.0294 e. The standard InChI is InChI=1S/C18H21N/c1-3-16(18-12-8-5-9-13-18)14-19-15(2)17-10-6-4-7-11-17/h3-13,15,19H,14H2,1-2H3/b16-3-. The number of hydrogen-bond donors (Lipinski definition) is 1. The van der Waals surface area contributed by atoms with E-state index in [4.69, 9.17) is 0 Å². The third-order valence-electron chi connectivity index (χ3n) is 3.39. The topological polar surface area (TPSA) is 12.0 Å². The van der Waals surface area contributed by atoms with Crippen LogP contribution in [-0.2, 0) is 0 Å². The molecule has 0 aliphatic carbocycles. The van der Waals surface area contributed by atoms with Crippen LogP contribution in [0.25, 0.3) is 5.57 Å². The summed E-state index contributed by atoms with van der Waals surface area (Å²) >= 11 is 0. The molecule has 0 saturated heterocycles. The molecule has 0 radical (unpaired) electrons. The number of hydrogen-bond acceptors (Lipinski definition) is 1. The second-order valence-electron chi connectivity index (χ2n) is 4.69. The van der Waals surface area contributed by atoms with Crippen molar-refractivity contribution in [3.05, 3.63) is 77.9 Å². The summed E-state index contributed by atoms with van der Waals surface area (Å²) in [5, 5.41) is 3.58. The van der Waals surface area contributed by atoms with Crippen molar-refractivity contribution >= 4 is 5.57 Å². The van der Waals surface area contributed by atoms with E-state index in [1.807, 2.05) is 0 Å². The summed E-state index contributed by atoms with van der Waals surface area (Å²) in [5.41, 5.74) is 3.95. The van der Waals surface area contributed by atoms with Crippen LogP contribution in [0.1, 0.15) is 31.0 Å². The van der Waals surface area contributed by atoms with Gasteiger partial charge in [-0.2, -0.15) is 0 Å². The zero-order chi connectivity index (χ0) is 13.5. The maximum absolute atomic E-state index is 3.58. The average molecular weight is 251 g/mol. The van der Waals surface area contributed by atoms with E-state index >= 15 is 0 Å². The SMILES string of the molecule is C/C=C(/CNC(C)c1ccccc1)c1ccccc1. The van der Waals surface area contributed by atoms with E-state index < -0.39 is 0 Å². The van der Waals surface area contributed by atoms with Gasteiger partial charge in [-0.1, -0.05) is 66.7 Å². The third-order valence-corrected chi connectivity index (χ3v) is 3.39. The lowest BCUT2D eigenvalue weighted by atomic mass is 10.0. The highest BCUT2D eigenvalue weighted by molar-refractivity contribution is 5.66. The van der Waals surface area contributed by atoms with Crippen LogP contribution in [0, 0.1) is 0 Å². The molecular formula is C18H21N. The minimum atomic E-state index is 0.361. The van der Waals surface area contributed by atoms with Gasteiger partial charge in [0.2, 0.25) is 0 Å². The van der Waals surface area contributed by atoms with Crippen LogP contribution in [0.4, 0.5) is 0 Å². The Balaban J connectivity index is 1.98. The lowest BCUT2D eigenvalue weighted by molar-refractivity contribution is 0.622. The third kappa shape index (κ3) is 3.80. The first-order valence-electron chi connectivity index (χ1n) is 6.80. The Hall–Kier alpha value is -1.86. The Morgan fingerprint density at radius 3 is 2.16 bits per heavy atom. The van der Waals surface area contributed by atoms with Gasteiger partial charge >= 0.3 is 0 Å². The van der Waals surface area contributed by atoms with E-state index in [1.54, 1.807) is 0 Å². The summed E-state index contributed by atoms with van der Waals surface area (Å²) in [6, 6.07) is 21.4. The molecule has 0 aliphatic heterocycles. The molecule has 1 nitrogen and oxygen atoms in total. The van der Waals surface area contributed by atoms with Crippen molar-refractivity contribution in [2.75, 3.05) is 6.54 Å². The fourth-order valence-electron chi connectivity index (χ4n) is 2.15. The normalized spacial score (nSPS) is 13.3. The molecule has 1 N–H and O–H groups in total. The fraction of sp³-hybridized carbons (Fsp3) is 0.222. The van der Waals surface area contributed by atoms with E-state index in [9.17, 15) is 0 Å². The van der Waals surface area contributed by atoms with Crippen LogP contribution in [-0.4, -0.2) is 6.54 Å². The second kappa shape index (κ2) is 6.91. The Labute approximate surface area is 116 Å². The van der Waals surface area contributed by atoms with Gasteiger partial charge in [0.1, 0.15) is 0 Å². The number of rotatable bonds is 5. The highest BCUT2D eigenvalue weighted by Gasteiger charge is 2.05. The van der Waals surface area contributed by atoms with Gasteiger partial charge < -0.3 is 5.32 Å². The molecule has 0 saturated carbocycles. The summed E-state index contributed by atoms with van der Waals surface area (Å²) in [6.45, 7) is 5.18. The predicted molar refractivity (Wildman–Crippen MR) is 83.0 cm³/mol. The predicted octanol–water partition coefficient (Wildman–Crippen LogP) is 4.44. The zero-order valence-corrected chi connectivity index (χ0v) is 11.6. The van der Waals surface area contributed by atoms with E-state index in [2.05, 4.69) is 85.9 Å². The Morgan fingerprint density at radius 1 is 1.00 bits per heavy atom. The second-order valence-corrected chi connectivity index (χ2v) is 4.69. The molecule has 0 fully saturated rings. The molecule has 0 aliphatic rings. The first kappa shape index (κ1) is 13.6. The van der Waals surface area contributed by atoms with Crippen LogP contribution in [0.15, 0.2) is 66.7 Å². The van der Waals surface area contributed by atoms with Gasteiger partial charge in [-0.15, -0.1) is 0 Å². The minimum absolute atomic E-state index is 0.361. The van der Waals surface area contributed by atoms with Gasteiger partial charge in [0.25, 0.3) is 0 Å². The van der Waals surface area contributed by atoms with Crippen LogP contribution >= 0.6 is 0 Å². The molecule has 0 bridgehead atoms. The minimum Gasteiger partial charge on any atom is -0.306 e. The number of benzene rings is 2. The van der Waals surface area contributed by atoms with Gasteiger partial charge in [-0.3, -0.25) is 0 Å². The van der Waals surface area contributed by atoms with Crippen LogP contribution in [0.5, 0.6) is 0 Å². The van der Waals surface area contributed by atoms with Crippen molar-refractivity contribution in [1.82, 2.24) is 5.32 Å². The fourth-order valence-corrected chi connectivity index (χ4v) is 2.15. The molecule has 2 aromatic rings. The van der Waals surface area contributed by atoms with Crippen molar-refractivity contribution < 1.29 is 0 Å². The molecule has 2 rings (SSSR count). The summed E-state index contributed by atoms with van der Waals surface area (Å²) in [6.07, 6.45) is 2.18. The van der Waals surface area contributed by atoms with Gasteiger partial charge in [-0.25, -0.2) is 0 Å². The highest BCUT2D eigenvalue weighted by Crippen LogP contribution is 2.16. The van der Waals surface area contributed by atoms with Gasteiger partial charge in [0.05, 0.1) is 0 Å². The van der Waals surface area contributed by atoms with Crippen molar-refractivity contribution in [2.45, 2.75) is 19.9 Å². The lowest BCUT2D eigenvalue weighted by Crippen LogP contribution is -2.20. The van der Waals surface area contributed by atoms with E-state index in [0.29, 0.717) is 6.04 Å². The molecule has 1 atom stereocenters. The van der Waals surface area contributed by atoms with Crippen LogP contribution in [0.3, 0.4) is 0 Å². The molecule has 1 unspecified atom stereocenters. The number of nitrogens with one attached hydrogen (secondary N) is 1. The molecule has 0 amide bonds. The van der Waals surface area contributed by atoms with Gasteiger partial charge in [0.15, 0.2) is 0 Å². The maximum atomic E-state index is 3.58. The summed E-state index contributed by atoms with van der Waals surface area (Å²) in [7, 11) is 0. The molecular weight excluding hydrogens is 230 g/mol. The van der Waals surface area contributed by atoms with Gasteiger partial charge in [-0.05, 0) is 30.5 Å². The molecule has 2 aromatic carbocycles. The van der Waals surface area contributed by atoms with E-state index in [0.717, 1.165) is 6.54 Å². The monoisotopic (exact) mass is 251 g/mol. The molecule has 98 valence electrons. The first-order chi connectivity index (χ1) is 9.31. The molecule has 0 heterocycles. The quantitative estimate of drug-likeness (QED) is 0.828. The Kier molecular flexibility index (Phi) is 4.93. The summed E-state index contributed by atoms with van der Waals surface area (Å²) in [5.74, 6) is 0. The van der Waals surface area contributed by atoms with Crippen LogP contribution < -0.4 is 5.32 Å². The highest BCUT2D eigenvalue weighted by atomic mass is 14.9. The van der Waals surface area contributed by atoms with E-state index in [1.165, 1.54) is 16.7 Å².